The van der Waals surface area contributed by atoms with Gasteiger partial charge in [-0.25, -0.2) is 9.52 Å². The lowest BCUT2D eigenvalue weighted by molar-refractivity contribution is 0.245. The highest BCUT2D eigenvalue weighted by Crippen LogP contribution is 2.35. The largest absolute Gasteiger partial charge is 0.333 e. The summed E-state index contributed by atoms with van der Waals surface area (Å²) in [6.07, 6.45) is 8.13. The molecule has 0 unspecified atom stereocenters. The van der Waals surface area contributed by atoms with Gasteiger partial charge >= 0.3 is 6.03 Å². The van der Waals surface area contributed by atoms with Gasteiger partial charge in [-0.05, 0) is 86.3 Å². The lowest BCUT2D eigenvalue weighted by atomic mass is 9.94. The molecule has 1 aromatic heterocycles. The molecule has 7 nitrogen and oxygen atoms in total. The quantitative estimate of drug-likeness (QED) is 0.804. The van der Waals surface area contributed by atoms with Gasteiger partial charge in [0.2, 0.25) is 0 Å². The van der Waals surface area contributed by atoms with E-state index >= 15 is 0 Å². The van der Waals surface area contributed by atoms with Crippen LogP contribution in [0.5, 0.6) is 0 Å². The normalized spacial score (nSPS) is 15.5. The number of rotatable bonds is 5. The molecule has 2 amide bonds. The molecule has 2 aliphatic carbocycles. The maximum absolute atomic E-state index is 12.4. The first kappa shape index (κ1) is 19.0. The minimum absolute atomic E-state index is 0.0417. The van der Waals surface area contributed by atoms with E-state index in [1.54, 1.807) is 10.9 Å². The van der Waals surface area contributed by atoms with Crippen LogP contribution in [0.4, 0.5) is 4.79 Å². The van der Waals surface area contributed by atoms with E-state index in [2.05, 4.69) is 21.2 Å². The number of carbonyl (C=O) groups excluding carboxylic acids is 1. The minimum Gasteiger partial charge on any atom is -0.333 e. The number of carbonyl (C=O) groups is 1. The molecule has 28 heavy (non-hydrogen) atoms. The smallest absolute Gasteiger partial charge is 0.329 e. The average Bonchev–Trinajstić information content (AvgIpc) is 3.36. The van der Waals surface area contributed by atoms with Gasteiger partial charge in [-0.15, -0.1) is 0 Å². The standard InChI is InChI=1S/C20H26N4O3S/c1-13(2)24-10-9-19(22-24)28(26,27)23-20(25)21-12-18-16-7-3-5-14(16)11-15-6-4-8-17(15)18/h9-11,13H,3-8,12H2,1-2H3,(H2,21,23,25). The molecule has 1 heterocycles. The van der Waals surface area contributed by atoms with Crippen molar-refractivity contribution in [1.82, 2.24) is 19.8 Å². The predicted octanol–water partition coefficient (Wildman–Crippen LogP) is 2.63. The van der Waals surface area contributed by atoms with Gasteiger partial charge < -0.3 is 5.32 Å². The summed E-state index contributed by atoms with van der Waals surface area (Å²) in [4.78, 5) is 12.3. The lowest BCUT2D eigenvalue weighted by Crippen LogP contribution is -2.39. The van der Waals surface area contributed by atoms with Gasteiger partial charge in [0.15, 0.2) is 5.03 Å². The van der Waals surface area contributed by atoms with Crippen molar-refractivity contribution in [2.75, 3.05) is 0 Å². The average molecular weight is 403 g/mol. The molecule has 2 aromatic rings. The van der Waals surface area contributed by atoms with Crippen molar-refractivity contribution in [3.8, 4) is 0 Å². The van der Waals surface area contributed by atoms with E-state index in [1.807, 2.05) is 13.8 Å². The van der Waals surface area contributed by atoms with Crippen LogP contribution in [0.3, 0.4) is 0 Å². The molecule has 0 radical (unpaired) electrons. The molecule has 4 rings (SSSR count). The highest BCUT2D eigenvalue weighted by atomic mass is 32.2. The summed E-state index contributed by atoms with van der Waals surface area (Å²) in [5.74, 6) is 0. The zero-order valence-electron chi connectivity index (χ0n) is 16.3. The SMILES string of the molecule is CC(C)n1ccc(S(=O)(=O)NC(=O)NCc2c3c(cc4c2CCC4)CCC3)n1. The molecule has 0 saturated heterocycles. The molecule has 8 heteroatoms. The van der Waals surface area contributed by atoms with Crippen molar-refractivity contribution in [3.05, 3.63) is 46.1 Å². The van der Waals surface area contributed by atoms with Crippen LogP contribution in [-0.4, -0.2) is 24.2 Å². The first-order valence-corrected chi connectivity index (χ1v) is 11.3. The van der Waals surface area contributed by atoms with E-state index in [-0.39, 0.29) is 11.1 Å². The summed E-state index contributed by atoms with van der Waals surface area (Å²) < 4.78 is 28.5. The van der Waals surface area contributed by atoms with E-state index in [9.17, 15) is 13.2 Å². The van der Waals surface area contributed by atoms with Crippen LogP contribution in [0, 0.1) is 0 Å². The van der Waals surface area contributed by atoms with Gasteiger partial charge in [-0.3, -0.25) is 4.68 Å². The summed E-state index contributed by atoms with van der Waals surface area (Å²) in [6, 6.07) is 3.05. The third-order valence-electron chi connectivity index (χ3n) is 5.64. The first-order valence-electron chi connectivity index (χ1n) is 9.86. The number of sulfonamides is 1. The second-order valence-corrected chi connectivity index (χ2v) is 9.48. The molecule has 1 aromatic carbocycles. The molecule has 0 spiro atoms. The van der Waals surface area contributed by atoms with Crippen molar-refractivity contribution < 1.29 is 13.2 Å². The molecule has 2 N–H and O–H groups in total. The van der Waals surface area contributed by atoms with Crippen molar-refractivity contribution in [3.63, 3.8) is 0 Å². The Morgan fingerprint density at radius 1 is 1.14 bits per heavy atom. The highest BCUT2D eigenvalue weighted by molar-refractivity contribution is 7.90. The van der Waals surface area contributed by atoms with E-state index in [0.717, 1.165) is 38.5 Å². The third-order valence-corrected chi connectivity index (χ3v) is 6.86. The fraction of sp³-hybridized carbons (Fsp3) is 0.500. The molecule has 0 aliphatic heterocycles. The van der Waals surface area contributed by atoms with Gasteiger partial charge in [0.1, 0.15) is 0 Å². The van der Waals surface area contributed by atoms with Crippen molar-refractivity contribution >= 4 is 16.1 Å². The van der Waals surface area contributed by atoms with Gasteiger partial charge in [0, 0.05) is 18.8 Å². The topological polar surface area (TPSA) is 93.1 Å². The molecule has 0 bridgehead atoms. The number of fused-ring (bicyclic) bond motifs is 2. The molecule has 0 fully saturated rings. The molecular formula is C20H26N4O3S. The Balaban J connectivity index is 1.47. The van der Waals surface area contributed by atoms with Crippen molar-refractivity contribution in [1.29, 1.82) is 0 Å². The van der Waals surface area contributed by atoms with E-state index in [4.69, 9.17) is 0 Å². The number of aromatic nitrogens is 2. The van der Waals surface area contributed by atoms with Crippen LogP contribution in [0.2, 0.25) is 0 Å². The zero-order chi connectivity index (χ0) is 19.9. The number of urea groups is 1. The predicted molar refractivity (Wildman–Crippen MR) is 106 cm³/mol. The Labute approximate surface area is 165 Å². The van der Waals surface area contributed by atoms with E-state index in [0.29, 0.717) is 6.54 Å². The number of nitrogens with one attached hydrogen (secondary N) is 2. The summed E-state index contributed by atoms with van der Waals surface area (Å²) in [5, 5.41) is 6.63. The summed E-state index contributed by atoms with van der Waals surface area (Å²) in [5.41, 5.74) is 6.67. The molecule has 2 aliphatic rings. The Kier molecular flexibility index (Phi) is 4.91. The maximum atomic E-state index is 12.4. The molecule has 150 valence electrons. The molecule has 0 saturated carbocycles. The van der Waals surface area contributed by atoms with E-state index < -0.39 is 16.1 Å². The highest BCUT2D eigenvalue weighted by Gasteiger charge is 2.25. The summed E-state index contributed by atoms with van der Waals surface area (Å²) in [6.45, 7) is 4.16. The maximum Gasteiger partial charge on any atom is 0.329 e. The number of nitrogens with zero attached hydrogens (tertiary/aromatic N) is 2. The van der Waals surface area contributed by atoms with Crippen LogP contribution >= 0.6 is 0 Å². The first-order chi connectivity index (χ1) is 13.3. The fourth-order valence-electron chi connectivity index (χ4n) is 4.28. The summed E-state index contributed by atoms with van der Waals surface area (Å²) in [7, 11) is -3.99. The number of benzene rings is 1. The van der Waals surface area contributed by atoms with Gasteiger partial charge in [0.25, 0.3) is 10.0 Å². The summed E-state index contributed by atoms with van der Waals surface area (Å²) >= 11 is 0. The van der Waals surface area contributed by atoms with Gasteiger partial charge in [-0.2, -0.15) is 13.5 Å². The second-order valence-electron chi connectivity index (χ2n) is 7.85. The number of hydrogen-bond acceptors (Lipinski definition) is 4. The zero-order valence-corrected chi connectivity index (χ0v) is 17.1. The van der Waals surface area contributed by atoms with E-state index in [1.165, 1.54) is 33.9 Å². The number of aryl methyl sites for hydroxylation is 2. The van der Waals surface area contributed by atoms with Crippen molar-refractivity contribution in [2.24, 2.45) is 0 Å². The monoisotopic (exact) mass is 402 g/mol. The van der Waals surface area contributed by atoms with Crippen LogP contribution < -0.4 is 10.0 Å². The number of hydrogen-bond donors (Lipinski definition) is 2. The van der Waals surface area contributed by atoms with Crippen LogP contribution in [0.15, 0.2) is 23.4 Å². The minimum atomic E-state index is -3.99. The van der Waals surface area contributed by atoms with Crippen LogP contribution in [0.1, 0.15) is 60.5 Å². The Hall–Kier alpha value is -2.35. The molecule has 0 atom stereocenters. The Morgan fingerprint density at radius 2 is 1.79 bits per heavy atom. The second kappa shape index (κ2) is 7.24. The van der Waals surface area contributed by atoms with Crippen molar-refractivity contribution in [2.45, 2.75) is 70.0 Å². The van der Waals surface area contributed by atoms with Crippen LogP contribution in [0.25, 0.3) is 0 Å². The van der Waals surface area contributed by atoms with Crippen LogP contribution in [-0.2, 0) is 42.3 Å². The Morgan fingerprint density at radius 3 is 2.36 bits per heavy atom. The number of amides is 2. The Bertz CT molecular complexity index is 992. The molecular weight excluding hydrogens is 376 g/mol. The third kappa shape index (κ3) is 3.53. The lowest BCUT2D eigenvalue weighted by Gasteiger charge is -2.16. The fourth-order valence-corrected chi connectivity index (χ4v) is 5.14. The van der Waals surface area contributed by atoms with Gasteiger partial charge in [0.05, 0.1) is 0 Å². The van der Waals surface area contributed by atoms with Gasteiger partial charge in [-0.1, -0.05) is 6.07 Å².